The number of likely N-dealkylation sites (N-methyl/N-ethyl adjacent to an activating group) is 1. The molecule has 1 aromatic carbocycles. The van der Waals surface area contributed by atoms with Crippen molar-refractivity contribution in [2.45, 2.75) is 12.3 Å². The molecule has 1 aromatic rings. The third-order valence-electron chi connectivity index (χ3n) is 3.99. The van der Waals surface area contributed by atoms with E-state index < -0.39 is 0 Å². The zero-order valence-electron chi connectivity index (χ0n) is 10.5. The standard InChI is InChI=1S/C14H19NO2/c1-15-8-10-6-7-17-13-5-3-4-12(16-2)14(13)11(10)9-15/h3-5,10-11H,6-9H2,1-2H3. The van der Waals surface area contributed by atoms with E-state index in [1.807, 2.05) is 12.1 Å². The van der Waals surface area contributed by atoms with Crippen molar-refractivity contribution in [1.29, 1.82) is 0 Å². The van der Waals surface area contributed by atoms with Crippen LogP contribution >= 0.6 is 0 Å². The number of hydrogen-bond acceptors (Lipinski definition) is 3. The molecule has 0 aliphatic carbocycles. The van der Waals surface area contributed by atoms with Gasteiger partial charge in [-0.25, -0.2) is 0 Å². The molecule has 0 aromatic heterocycles. The Labute approximate surface area is 102 Å². The van der Waals surface area contributed by atoms with Crippen molar-refractivity contribution in [3.05, 3.63) is 23.8 Å². The van der Waals surface area contributed by atoms with E-state index in [9.17, 15) is 0 Å². The highest BCUT2D eigenvalue weighted by Crippen LogP contribution is 2.45. The van der Waals surface area contributed by atoms with E-state index >= 15 is 0 Å². The van der Waals surface area contributed by atoms with Gasteiger partial charge in [0.2, 0.25) is 0 Å². The maximum Gasteiger partial charge on any atom is 0.126 e. The Morgan fingerprint density at radius 3 is 3.06 bits per heavy atom. The molecular weight excluding hydrogens is 214 g/mol. The van der Waals surface area contributed by atoms with Crippen molar-refractivity contribution >= 4 is 0 Å². The van der Waals surface area contributed by atoms with E-state index in [0.717, 1.165) is 31.1 Å². The zero-order chi connectivity index (χ0) is 11.8. The minimum absolute atomic E-state index is 0.564. The molecule has 2 heterocycles. The number of fused-ring (bicyclic) bond motifs is 3. The molecule has 2 atom stereocenters. The molecule has 0 saturated carbocycles. The van der Waals surface area contributed by atoms with Crippen LogP contribution in [0, 0.1) is 5.92 Å². The molecule has 92 valence electrons. The lowest BCUT2D eigenvalue weighted by Gasteiger charge is -2.19. The smallest absolute Gasteiger partial charge is 0.126 e. The number of rotatable bonds is 1. The lowest BCUT2D eigenvalue weighted by molar-refractivity contribution is 0.286. The minimum atomic E-state index is 0.564. The van der Waals surface area contributed by atoms with Crippen molar-refractivity contribution in [1.82, 2.24) is 4.90 Å². The molecule has 2 aliphatic heterocycles. The predicted molar refractivity (Wildman–Crippen MR) is 66.8 cm³/mol. The molecule has 0 spiro atoms. The molecule has 0 radical (unpaired) electrons. The molecule has 2 unspecified atom stereocenters. The van der Waals surface area contributed by atoms with Gasteiger partial charge in [-0.3, -0.25) is 0 Å². The molecule has 1 fully saturated rings. The van der Waals surface area contributed by atoms with Crippen LogP contribution < -0.4 is 9.47 Å². The van der Waals surface area contributed by atoms with Crippen LogP contribution in [0.2, 0.25) is 0 Å². The monoisotopic (exact) mass is 233 g/mol. The number of benzene rings is 1. The summed E-state index contributed by atoms with van der Waals surface area (Å²) in [5.74, 6) is 3.27. The van der Waals surface area contributed by atoms with Gasteiger partial charge in [-0.05, 0) is 31.5 Å². The van der Waals surface area contributed by atoms with E-state index in [2.05, 4.69) is 18.0 Å². The Kier molecular flexibility index (Phi) is 2.71. The summed E-state index contributed by atoms with van der Waals surface area (Å²) < 4.78 is 11.4. The van der Waals surface area contributed by atoms with E-state index in [-0.39, 0.29) is 0 Å². The summed E-state index contributed by atoms with van der Waals surface area (Å²) in [4.78, 5) is 2.41. The van der Waals surface area contributed by atoms with E-state index in [1.165, 1.54) is 12.1 Å². The van der Waals surface area contributed by atoms with E-state index in [4.69, 9.17) is 9.47 Å². The first kappa shape index (κ1) is 10.9. The fraction of sp³-hybridized carbons (Fsp3) is 0.571. The first-order valence-corrected chi connectivity index (χ1v) is 6.28. The third-order valence-corrected chi connectivity index (χ3v) is 3.99. The Hall–Kier alpha value is -1.22. The summed E-state index contributed by atoms with van der Waals surface area (Å²) in [7, 11) is 3.94. The van der Waals surface area contributed by atoms with Gasteiger partial charge in [-0.1, -0.05) is 6.07 Å². The van der Waals surface area contributed by atoms with Crippen LogP contribution in [-0.2, 0) is 0 Å². The Bertz CT molecular complexity index is 419. The average molecular weight is 233 g/mol. The van der Waals surface area contributed by atoms with Crippen LogP contribution in [0.1, 0.15) is 17.9 Å². The fourth-order valence-corrected chi connectivity index (χ4v) is 3.22. The fourth-order valence-electron chi connectivity index (χ4n) is 3.22. The second-order valence-electron chi connectivity index (χ2n) is 5.10. The second kappa shape index (κ2) is 4.22. The Morgan fingerprint density at radius 1 is 1.35 bits per heavy atom. The predicted octanol–water partition coefficient (Wildman–Crippen LogP) is 2.12. The topological polar surface area (TPSA) is 21.7 Å². The van der Waals surface area contributed by atoms with Crippen molar-refractivity contribution in [2.24, 2.45) is 5.92 Å². The first-order valence-electron chi connectivity index (χ1n) is 6.28. The maximum absolute atomic E-state index is 5.86. The normalized spacial score (nSPS) is 27.9. The summed E-state index contributed by atoms with van der Waals surface area (Å²) in [6.07, 6.45) is 1.15. The van der Waals surface area contributed by atoms with Gasteiger partial charge in [-0.2, -0.15) is 0 Å². The molecule has 3 nitrogen and oxygen atoms in total. The summed E-state index contributed by atoms with van der Waals surface area (Å²) in [5, 5.41) is 0. The van der Waals surface area contributed by atoms with Crippen LogP contribution in [0.25, 0.3) is 0 Å². The van der Waals surface area contributed by atoms with Gasteiger partial charge in [-0.15, -0.1) is 0 Å². The quantitative estimate of drug-likeness (QED) is 0.741. The number of hydrogen-bond donors (Lipinski definition) is 0. The second-order valence-corrected chi connectivity index (χ2v) is 5.10. The molecule has 0 N–H and O–H groups in total. The SMILES string of the molecule is COc1cccc2c1C1CN(C)CC1CCO2. The molecular formula is C14H19NO2. The molecule has 3 heteroatoms. The first-order chi connectivity index (χ1) is 8.29. The number of nitrogens with zero attached hydrogens (tertiary/aromatic N) is 1. The Morgan fingerprint density at radius 2 is 2.24 bits per heavy atom. The minimum Gasteiger partial charge on any atom is -0.496 e. The van der Waals surface area contributed by atoms with Crippen molar-refractivity contribution in [3.63, 3.8) is 0 Å². The molecule has 2 aliphatic rings. The summed E-state index contributed by atoms with van der Waals surface area (Å²) in [6.45, 7) is 3.11. The average Bonchev–Trinajstić information content (AvgIpc) is 2.61. The largest absolute Gasteiger partial charge is 0.496 e. The van der Waals surface area contributed by atoms with Gasteiger partial charge < -0.3 is 14.4 Å². The molecule has 3 rings (SSSR count). The van der Waals surface area contributed by atoms with Gasteiger partial charge in [0.25, 0.3) is 0 Å². The highest BCUT2D eigenvalue weighted by Gasteiger charge is 2.37. The Balaban J connectivity index is 2.07. The van der Waals surface area contributed by atoms with Crippen molar-refractivity contribution < 1.29 is 9.47 Å². The van der Waals surface area contributed by atoms with Crippen molar-refractivity contribution in [3.8, 4) is 11.5 Å². The molecule has 0 amide bonds. The summed E-state index contributed by atoms with van der Waals surface area (Å²) in [5.41, 5.74) is 1.28. The van der Waals surface area contributed by atoms with E-state index in [1.54, 1.807) is 7.11 Å². The maximum atomic E-state index is 5.86. The zero-order valence-corrected chi connectivity index (χ0v) is 10.5. The highest BCUT2D eigenvalue weighted by molar-refractivity contribution is 5.48. The number of likely N-dealkylation sites (tertiary alicyclic amines) is 1. The van der Waals surface area contributed by atoms with Gasteiger partial charge >= 0.3 is 0 Å². The van der Waals surface area contributed by atoms with Gasteiger partial charge in [0.15, 0.2) is 0 Å². The molecule has 0 bridgehead atoms. The molecule has 17 heavy (non-hydrogen) atoms. The third kappa shape index (κ3) is 1.78. The summed E-state index contributed by atoms with van der Waals surface area (Å²) >= 11 is 0. The van der Waals surface area contributed by atoms with Crippen LogP contribution in [0.15, 0.2) is 18.2 Å². The summed E-state index contributed by atoms with van der Waals surface area (Å²) in [6, 6.07) is 6.12. The number of methoxy groups -OCH3 is 1. The number of ether oxygens (including phenoxy) is 2. The van der Waals surface area contributed by atoms with Gasteiger partial charge in [0, 0.05) is 24.6 Å². The van der Waals surface area contributed by atoms with Crippen molar-refractivity contribution in [2.75, 3.05) is 33.9 Å². The van der Waals surface area contributed by atoms with E-state index in [0.29, 0.717) is 11.8 Å². The lowest BCUT2D eigenvalue weighted by Crippen LogP contribution is -2.15. The van der Waals surface area contributed by atoms with Gasteiger partial charge in [0.05, 0.1) is 13.7 Å². The molecule has 1 saturated heterocycles. The van der Waals surface area contributed by atoms with Crippen LogP contribution in [0.3, 0.4) is 0 Å². The highest BCUT2D eigenvalue weighted by atomic mass is 16.5. The van der Waals surface area contributed by atoms with Crippen LogP contribution in [-0.4, -0.2) is 38.8 Å². The van der Waals surface area contributed by atoms with Crippen LogP contribution in [0.4, 0.5) is 0 Å². The van der Waals surface area contributed by atoms with Gasteiger partial charge in [0.1, 0.15) is 11.5 Å². The lowest BCUT2D eigenvalue weighted by atomic mass is 9.87. The van der Waals surface area contributed by atoms with Crippen LogP contribution in [0.5, 0.6) is 11.5 Å².